The van der Waals surface area contributed by atoms with Crippen LogP contribution in [-0.4, -0.2) is 40.2 Å². The lowest BCUT2D eigenvalue weighted by molar-refractivity contribution is 0.0933. The molecule has 0 radical (unpaired) electrons. The Balaban J connectivity index is 1.20. The molecule has 2 fully saturated rings. The zero-order chi connectivity index (χ0) is 17.5. The van der Waals surface area contributed by atoms with E-state index in [2.05, 4.69) is 31.5 Å². The van der Waals surface area contributed by atoms with Crippen molar-refractivity contribution in [3.05, 3.63) is 47.8 Å². The maximum absolute atomic E-state index is 12.7. The quantitative estimate of drug-likeness (QED) is 0.677. The van der Waals surface area contributed by atoms with Gasteiger partial charge in [-0.3, -0.25) is 9.89 Å². The van der Waals surface area contributed by atoms with Gasteiger partial charge in [-0.25, -0.2) is 0 Å². The van der Waals surface area contributed by atoms with Crippen LogP contribution in [-0.2, 0) is 0 Å². The van der Waals surface area contributed by atoms with E-state index in [1.54, 1.807) is 6.20 Å². The molecule has 134 valence electrons. The van der Waals surface area contributed by atoms with Gasteiger partial charge in [0.15, 0.2) is 5.82 Å². The van der Waals surface area contributed by atoms with Gasteiger partial charge < -0.3 is 15.2 Å². The molecule has 6 heteroatoms. The van der Waals surface area contributed by atoms with Crippen LogP contribution < -0.4 is 10.2 Å². The van der Waals surface area contributed by atoms with Crippen molar-refractivity contribution in [2.24, 2.45) is 0 Å². The molecule has 6 nitrogen and oxygen atoms in total. The fourth-order valence-corrected chi connectivity index (χ4v) is 3.87. The molecule has 0 spiro atoms. The first-order chi connectivity index (χ1) is 12.8. The monoisotopic (exact) mass is 349 g/mol. The zero-order valence-corrected chi connectivity index (χ0v) is 14.7. The third-order valence-electron chi connectivity index (χ3n) is 5.59. The smallest absolute Gasteiger partial charge is 0.253 e. The van der Waals surface area contributed by atoms with E-state index in [0.29, 0.717) is 5.92 Å². The number of piperidine rings is 1. The van der Waals surface area contributed by atoms with E-state index in [9.17, 15) is 4.79 Å². The summed E-state index contributed by atoms with van der Waals surface area (Å²) in [5.74, 6) is 1.76. The number of nitrogens with zero attached hydrogens (tertiary/aromatic N) is 2. The van der Waals surface area contributed by atoms with E-state index >= 15 is 0 Å². The van der Waals surface area contributed by atoms with Crippen LogP contribution in [0.4, 0.5) is 5.82 Å². The molecule has 5 rings (SSSR count). The van der Waals surface area contributed by atoms with Crippen LogP contribution in [0.3, 0.4) is 0 Å². The number of benzene rings is 1. The number of anilines is 1. The highest BCUT2D eigenvalue weighted by atomic mass is 16.1. The highest BCUT2D eigenvalue weighted by Gasteiger charge is 2.28. The molecule has 1 amide bonds. The van der Waals surface area contributed by atoms with Gasteiger partial charge in [0.05, 0.1) is 5.56 Å². The summed E-state index contributed by atoms with van der Waals surface area (Å²) in [6.45, 7) is 1.85. The minimum absolute atomic E-state index is 0.0108. The molecule has 1 saturated heterocycles. The van der Waals surface area contributed by atoms with E-state index in [4.69, 9.17) is 0 Å². The van der Waals surface area contributed by atoms with E-state index in [0.717, 1.165) is 48.2 Å². The highest BCUT2D eigenvalue weighted by Crippen LogP contribution is 2.40. The summed E-state index contributed by atoms with van der Waals surface area (Å²) in [5, 5.41) is 11.8. The average Bonchev–Trinajstić information content (AvgIpc) is 3.24. The Morgan fingerprint density at radius 3 is 2.77 bits per heavy atom. The second-order valence-corrected chi connectivity index (χ2v) is 7.44. The number of para-hydroxylation sites is 1. The Labute approximate surface area is 152 Å². The van der Waals surface area contributed by atoms with Gasteiger partial charge in [0.2, 0.25) is 0 Å². The Bertz CT molecular complexity index is 930. The molecule has 1 aromatic carbocycles. The predicted octanol–water partition coefficient (Wildman–Crippen LogP) is 3.17. The van der Waals surface area contributed by atoms with Crippen molar-refractivity contribution in [1.29, 1.82) is 0 Å². The number of nitrogens with one attached hydrogen (secondary N) is 3. The fraction of sp³-hybridized carbons (Fsp3) is 0.400. The molecule has 3 heterocycles. The number of fused-ring (bicyclic) bond motifs is 1. The number of carbonyl (C=O) groups excluding carboxylic acids is 1. The van der Waals surface area contributed by atoms with Crippen molar-refractivity contribution in [3.63, 3.8) is 0 Å². The lowest BCUT2D eigenvalue weighted by atomic mass is 10.0. The Morgan fingerprint density at radius 2 is 1.96 bits per heavy atom. The van der Waals surface area contributed by atoms with E-state index in [1.807, 2.05) is 24.3 Å². The molecule has 26 heavy (non-hydrogen) atoms. The van der Waals surface area contributed by atoms with Gasteiger partial charge in [-0.2, -0.15) is 5.10 Å². The van der Waals surface area contributed by atoms with Crippen LogP contribution in [0.15, 0.2) is 36.5 Å². The molecule has 2 aliphatic rings. The largest absolute Gasteiger partial charge is 0.360 e. The maximum Gasteiger partial charge on any atom is 0.253 e. The third kappa shape index (κ3) is 2.85. The predicted molar refractivity (Wildman–Crippen MR) is 102 cm³/mol. The first-order valence-electron chi connectivity index (χ1n) is 9.45. The Kier molecular flexibility index (Phi) is 3.69. The first kappa shape index (κ1) is 15.5. The summed E-state index contributed by atoms with van der Waals surface area (Å²) >= 11 is 0. The molecular formula is C20H23N5O. The number of hydrogen-bond acceptors (Lipinski definition) is 3. The molecule has 3 N–H and O–H groups in total. The van der Waals surface area contributed by atoms with E-state index < -0.39 is 0 Å². The lowest BCUT2D eigenvalue weighted by Gasteiger charge is -2.32. The van der Waals surface area contributed by atoms with Gasteiger partial charge in [0, 0.05) is 53.9 Å². The highest BCUT2D eigenvalue weighted by molar-refractivity contribution is 6.06. The lowest BCUT2D eigenvalue weighted by Crippen LogP contribution is -2.44. The minimum atomic E-state index is 0.0108. The number of rotatable bonds is 4. The second-order valence-electron chi connectivity index (χ2n) is 7.44. The van der Waals surface area contributed by atoms with Crippen LogP contribution in [0.25, 0.3) is 10.9 Å². The summed E-state index contributed by atoms with van der Waals surface area (Å²) in [4.78, 5) is 18.1. The normalized spacial score (nSPS) is 18.4. The number of carbonyl (C=O) groups is 1. The topological polar surface area (TPSA) is 76.8 Å². The number of amides is 1. The molecule has 1 aliphatic carbocycles. The molecular weight excluding hydrogens is 326 g/mol. The first-order valence-corrected chi connectivity index (χ1v) is 9.45. The molecule has 2 aromatic heterocycles. The van der Waals surface area contributed by atoms with E-state index in [-0.39, 0.29) is 11.9 Å². The number of hydrogen-bond donors (Lipinski definition) is 3. The van der Waals surface area contributed by atoms with Crippen LogP contribution in [0.1, 0.15) is 47.7 Å². The van der Waals surface area contributed by atoms with Crippen molar-refractivity contribution >= 4 is 22.6 Å². The van der Waals surface area contributed by atoms with Crippen molar-refractivity contribution < 1.29 is 4.79 Å². The Hall–Kier alpha value is -2.76. The summed E-state index contributed by atoms with van der Waals surface area (Å²) in [6.07, 6.45) is 6.25. The van der Waals surface area contributed by atoms with Gasteiger partial charge in [-0.05, 0) is 31.7 Å². The van der Waals surface area contributed by atoms with Crippen molar-refractivity contribution in [1.82, 2.24) is 20.5 Å². The summed E-state index contributed by atoms with van der Waals surface area (Å²) in [6, 6.07) is 10.3. The molecule has 0 unspecified atom stereocenters. The van der Waals surface area contributed by atoms with Gasteiger partial charge in [-0.15, -0.1) is 0 Å². The minimum Gasteiger partial charge on any atom is -0.360 e. The summed E-state index contributed by atoms with van der Waals surface area (Å²) < 4.78 is 0. The standard InChI is InChI=1S/C20H23N5O/c26-20(16-12-21-17-4-2-1-3-15(16)17)22-14-7-9-25(10-8-14)19-11-18(23-24-19)13-5-6-13/h1-4,11-14,21H,5-10H2,(H,22,26)(H,23,24). The SMILES string of the molecule is O=C(NC1CCN(c2cc(C3CC3)[nH]n2)CC1)c1c[nH]c2ccccc12. The van der Waals surface area contributed by atoms with Gasteiger partial charge in [0.1, 0.15) is 0 Å². The van der Waals surface area contributed by atoms with Crippen molar-refractivity contribution in [2.45, 2.75) is 37.6 Å². The third-order valence-corrected chi connectivity index (χ3v) is 5.59. The van der Waals surface area contributed by atoms with Gasteiger partial charge >= 0.3 is 0 Å². The summed E-state index contributed by atoms with van der Waals surface area (Å²) in [5.41, 5.74) is 3.00. The van der Waals surface area contributed by atoms with Crippen LogP contribution in [0, 0.1) is 0 Å². The van der Waals surface area contributed by atoms with E-state index in [1.165, 1.54) is 18.5 Å². The van der Waals surface area contributed by atoms with Gasteiger partial charge in [0.25, 0.3) is 5.91 Å². The summed E-state index contributed by atoms with van der Waals surface area (Å²) in [7, 11) is 0. The Morgan fingerprint density at radius 1 is 1.15 bits per heavy atom. The van der Waals surface area contributed by atoms with Crippen LogP contribution in [0.5, 0.6) is 0 Å². The van der Waals surface area contributed by atoms with Crippen LogP contribution >= 0.6 is 0 Å². The number of aromatic nitrogens is 3. The molecule has 3 aromatic rings. The maximum atomic E-state index is 12.7. The number of H-pyrrole nitrogens is 2. The van der Waals surface area contributed by atoms with Gasteiger partial charge in [-0.1, -0.05) is 18.2 Å². The fourth-order valence-electron chi connectivity index (χ4n) is 3.87. The molecule has 1 saturated carbocycles. The van der Waals surface area contributed by atoms with Crippen molar-refractivity contribution in [3.8, 4) is 0 Å². The van der Waals surface area contributed by atoms with Crippen molar-refractivity contribution in [2.75, 3.05) is 18.0 Å². The molecule has 0 bridgehead atoms. The van der Waals surface area contributed by atoms with Crippen LogP contribution in [0.2, 0.25) is 0 Å². The number of aromatic amines is 2. The second kappa shape index (κ2) is 6.20. The average molecular weight is 349 g/mol. The molecule has 1 aliphatic heterocycles. The molecule has 0 atom stereocenters. The zero-order valence-electron chi connectivity index (χ0n) is 14.7.